The zero-order chi connectivity index (χ0) is 2.12. The van der Waals surface area contributed by atoms with Crippen molar-refractivity contribution < 1.29 is 0 Å². The first-order valence-corrected chi connectivity index (χ1v) is 0.911. The molecule has 0 aromatic carbocycles. The van der Waals surface area contributed by atoms with Crippen LogP contribution in [0.2, 0.25) is 0 Å². The van der Waals surface area contributed by atoms with Gasteiger partial charge in [-0.15, -0.1) is 0 Å². The van der Waals surface area contributed by atoms with Crippen LogP contribution in [0.15, 0.2) is 12.4 Å². The van der Waals surface area contributed by atoms with Gasteiger partial charge < -0.3 is 5.32 Å². The molecule has 1 nitrogen and oxygen atoms in total. The Hall–Kier alpha value is 0.339. The Bertz CT molecular complexity index is 29.0. The Balaban J connectivity index is 0.0000000900. The Morgan fingerprint density at radius 1 is 1.25 bits per heavy atom. The van der Waals surface area contributed by atoms with Crippen LogP contribution in [-0.4, -0.2) is 23.9 Å². The second kappa shape index (κ2) is 1.64. The van der Waals surface area contributed by atoms with E-state index in [4.69, 9.17) is 0 Å². The van der Waals surface area contributed by atoms with E-state index in [1.165, 1.54) is 0 Å². The molecule has 0 aromatic rings. The van der Waals surface area contributed by atoms with Crippen LogP contribution in [0.25, 0.3) is 0 Å². The Morgan fingerprint density at radius 3 is 1.50 bits per heavy atom. The van der Waals surface area contributed by atoms with E-state index in [9.17, 15) is 0 Å². The van der Waals surface area contributed by atoms with Crippen LogP contribution in [0.4, 0.5) is 0 Å². The normalized spacial score (nSPS) is 12.0. The molecule has 0 atom stereocenters. The van der Waals surface area contributed by atoms with Crippen LogP contribution >= 0.6 is 0 Å². The predicted molar refractivity (Wildman–Crippen MR) is 18.0 cm³/mol. The van der Waals surface area contributed by atoms with Crippen LogP contribution in [0.5, 0.6) is 0 Å². The largest absolute Gasteiger partial charge is 0.365 e. The van der Waals surface area contributed by atoms with Gasteiger partial charge in [0.15, 0.2) is 0 Å². The van der Waals surface area contributed by atoms with E-state index in [0.29, 0.717) is 0 Å². The van der Waals surface area contributed by atoms with Gasteiger partial charge in [-0.2, -0.15) is 0 Å². The van der Waals surface area contributed by atoms with Gasteiger partial charge in [-0.05, 0) is 0 Å². The van der Waals surface area contributed by atoms with Gasteiger partial charge in [-0.25, -0.2) is 0 Å². The molecule has 0 unspecified atom stereocenters. The van der Waals surface area contributed by atoms with E-state index in [2.05, 4.69) is 5.32 Å². The SMILES string of the molecule is C1=CN1.[Sn]. The number of hydrogen-bond acceptors (Lipinski definition) is 1. The van der Waals surface area contributed by atoms with Gasteiger partial charge in [0, 0.05) is 36.3 Å². The van der Waals surface area contributed by atoms with Crippen molar-refractivity contribution in [1.29, 1.82) is 0 Å². The van der Waals surface area contributed by atoms with E-state index in [1.54, 1.807) is 0 Å². The zero-order valence-electron chi connectivity index (χ0n) is 2.15. The topological polar surface area (TPSA) is 21.9 Å². The molecule has 1 N–H and O–H groups in total. The third-order valence-electron chi connectivity index (χ3n) is 0.167. The zero-order valence-corrected chi connectivity index (χ0v) is 5.01. The van der Waals surface area contributed by atoms with Crippen molar-refractivity contribution in [2.24, 2.45) is 0 Å². The van der Waals surface area contributed by atoms with Gasteiger partial charge in [0.05, 0.1) is 0 Å². The number of rotatable bonds is 0. The average Bonchev–Trinajstić information content (AvgIpc) is 1.46. The molecule has 20 valence electrons. The summed E-state index contributed by atoms with van der Waals surface area (Å²) in [6.45, 7) is 0. The maximum atomic E-state index is 2.75. The molecule has 1 aliphatic heterocycles. The van der Waals surface area contributed by atoms with Crippen LogP contribution in [0.3, 0.4) is 0 Å². The minimum atomic E-state index is 0. The molecule has 1 rings (SSSR count). The molecule has 0 aromatic heterocycles. The molecule has 4 heavy (non-hydrogen) atoms. The van der Waals surface area contributed by atoms with Crippen molar-refractivity contribution in [2.75, 3.05) is 0 Å². The molecule has 0 fully saturated rings. The molecule has 0 spiro atoms. The molecular weight excluding hydrogens is 157 g/mol. The van der Waals surface area contributed by atoms with Crippen molar-refractivity contribution in [3.05, 3.63) is 12.4 Å². The first kappa shape index (κ1) is 4.34. The second-order valence-electron chi connectivity index (χ2n) is 0.500. The quantitative estimate of drug-likeness (QED) is 0.481. The fourth-order valence-electron chi connectivity index (χ4n) is 0. The molecule has 4 radical (unpaired) electrons. The smallest absolute Gasteiger partial charge is 0.0167 e. The third kappa shape index (κ3) is 2.34. The van der Waals surface area contributed by atoms with Crippen molar-refractivity contribution in [3.8, 4) is 0 Å². The Morgan fingerprint density at radius 2 is 1.50 bits per heavy atom. The van der Waals surface area contributed by atoms with E-state index < -0.39 is 0 Å². The van der Waals surface area contributed by atoms with Gasteiger partial charge in [-0.3, -0.25) is 0 Å². The second-order valence-corrected chi connectivity index (χ2v) is 0.500. The predicted octanol–water partition coefficient (Wildman–Crippen LogP) is -0.320. The first-order valence-electron chi connectivity index (χ1n) is 0.911. The van der Waals surface area contributed by atoms with Crippen LogP contribution in [0.1, 0.15) is 0 Å². The van der Waals surface area contributed by atoms with E-state index in [1.807, 2.05) is 12.4 Å². The van der Waals surface area contributed by atoms with Crippen molar-refractivity contribution in [1.82, 2.24) is 5.32 Å². The van der Waals surface area contributed by atoms with Gasteiger partial charge in [0.1, 0.15) is 0 Å². The Kier molecular flexibility index (Phi) is 1.78. The molecule has 2 heteroatoms. The minimum absolute atomic E-state index is 0. The fraction of sp³-hybridized carbons (Fsp3) is 0. The molecule has 0 saturated carbocycles. The fourth-order valence-corrected chi connectivity index (χ4v) is 0. The molecule has 0 saturated heterocycles. The van der Waals surface area contributed by atoms with Crippen LogP contribution < -0.4 is 5.32 Å². The maximum Gasteiger partial charge on any atom is 0.0167 e. The molecular formula is C2H3NSn. The van der Waals surface area contributed by atoms with E-state index in [-0.39, 0.29) is 23.9 Å². The van der Waals surface area contributed by atoms with Gasteiger partial charge in [-0.1, -0.05) is 0 Å². The summed E-state index contributed by atoms with van der Waals surface area (Å²) >= 11 is 0. The third-order valence-corrected chi connectivity index (χ3v) is 0.167. The molecule has 0 aliphatic carbocycles. The van der Waals surface area contributed by atoms with Gasteiger partial charge in [0.2, 0.25) is 0 Å². The summed E-state index contributed by atoms with van der Waals surface area (Å²) in [6.07, 6.45) is 3.75. The summed E-state index contributed by atoms with van der Waals surface area (Å²) in [5.74, 6) is 0. The minimum Gasteiger partial charge on any atom is -0.365 e. The van der Waals surface area contributed by atoms with Crippen LogP contribution in [0, 0.1) is 0 Å². The summed E-state index contributed by atoms with van der Waals surface area (Å²) < 4.78 is 0. The molecule has 0 bridgehead atoms. The van der Waals surface area contributed by atoms with Crippen molar-refractivity contribution in [2.45, 2.75) is 0 Å². The number of nitrogens with one attached hydrogen (secondary N) is 1. The summed E-state index contributed by atoms with van der Waals surface area (Å²) in [5, 5.41) is 2.75. The standard InChI is InChI=1S/C2H3N.Sn/c1-2-3-1;/h1-3H;. The summed E-state index contributed by atoms with van der Waals surface area (Å²) in [6, 6.07) is 0. The summed E-state index contributed by atoms with van der Waals surface area (Å²) in [7, 11) is 0. The summed E-state index contributed by atoms with van der Waals surface area (Å²) in [5.41, 5.74) is 0. The first-order chi connectivity index (χ1) is 1.50. The van der Waals surface area contributed by atoms with E-state index in [0.717, 1.165) is 0 Å². The van der Waals surface area contributed by atoms with Crippen molar-refractivity contribution >= 4 is 23.9 Å². The molecule has 1 aliphatic rings. The average molecular weight is 160 g/mol. The van der Waals surface area contributed by atoms with Gasteiger partial charge in [0.25, 0.3) is 0 Å². The Labute approximate surface area is 42.0 Å². The molecule has 0 amide bonds. The maximum absolute atomic E-state index is 2.75. The number of hydrogen-bond donors (Lipinski definition) is 1. The van der Waals surface area contributed by atoms with E-state index >= 15 is 0 Å². The van der Waals surface area contributed by atoms with Crippen molar-refractivity contribution in [3.63, 3.8) is 0 Å². The monoisotopic (exact) mass is 161 g/mol. The summed E-state index contributed by atoms with van der Waals surface area (Å²) in [4.78, 5) is 0. The molecule has 1 heterocycles. The van der Waals surface area contributed by atoms with Gasteiger partial charge >= 0.3 is 0 Å². The van der Waals surface area contributed by atoms with Crippen LogP contribution in [-0.2, 0) is 0 Å².